The number of aromatic nitrogens is 1. The molecule has 104 valence electrons. The molecule has 0 spiro atoms. The Hall–Kier alpha value is -2.63. The van der Waals surface area contributed by atoms with E-state index < -0.39 is 0 Å². The molecule has 0 saturated heterocycles. The van der Waals surface area contributed by atoms with Gasteiger partial charge in [0, 0.05) is 18.1 Å². The van der Waals surface area contributed by atoms with Crippen LogP contribution >= 0.6 is 0 Å². The number of oxime groups is 1. The molecule has 1 aromatic carbocycles. The number of nitrogens with two attached hydrogens (primary N) is 1. The third kappa shape index (κ3) is 3.44. The number of fused-ring (bicyclic) bond motifs is 1. The van der Waals surface area contributed by atoms with Gasteiger partial charge in [-0.25, -0.2) is 0 Å². The highest BCUT2D eigenvalue weighted by Gasteiger charge is 2.05. The number of nitrogens with one attached hydrogen (secondary N) is 1. The molecule has 1 aromatic heterocycles. The molecule has 0 unspecified atom stereocenters. The van der Waals surface area contributed by atoms with Crippen LogP contribution in [0.5, 0.6) is 0 Å². The van der Waals surface area contributed by atoms with Gasteiger partial charge in [0.1, 0.15) is 5.84 Å². The molecule has 2 aromatic rings. The largest absolute Gasteiger partial charge is 0.409 e. The first-order valence-corrected chi connectivity index (χ1v) is 6.26. The lowest BCUT2D eigenvalue weighted by Gasteiger charge is -2.07. The van der Waals surface area contributed by atoms with Crippen LogP contribution in [-0.2, 0) is 11.2 Å². The highest BCUT2D eigenvalue weighted by molar-refractivity contribution is 5.98. The van der Waals surface area contributed by atoms with Crippen molar-refractivity contribution in [1.82, 2.24) is 10.3 Å². The minimum Gasteiger partial charge on any atom is -0.409 e. The maximum absolute atomic E-state index is 11.5. The van der Waals surface area contributed by atoms with Gasteiger partial charge in [-0.2, -0.15) is 0 Å². The number of para-hydroxylation sites is 1. The summed E-state index contributed by atoms with van der Waals surface area (Å²) in [6.07, 6.45) is 2.32. The van der Waals surface area contributed by atoms with Crippen LogP contribution in [0.2, 0.25) is 0 Å². The van der Waals surface area contributed by atoms with Gasteiger partial charge in [0.25, 0.3) is 0 Å². The van der Waals surface area contributed by atoms with Crippen molar-refractivity contribution in [2.45, 2.75) is 12.8 Å². The molecule has 0 aliphatic heterocycles. The number of carbonyl (C=O) groups is 1. The quantitative estimate of drug-likeness (QED) is 0.327. The first-order valence-electron chi connectivity index (χ1n) is 6.26. The van der Waals surface area contributed by atoms with Crippen molar-refractivity contribution in [2.24, 2.45) is 10.9 Å². The Kier molecular flexibility index (Phi) is 4.49. The molecule has 0 bridgehead atoms. The molecule has 0 aliphatic rings. The Balaban J connectivity index is 1.95. The van der Waals surface area contributed by atoms with Crippen molar-refractivity contribution in [3.63, 3.8) is 0 Å². The molecule has 1 amide bonds. The zero-order chi connectivity index (χ0) is 14.4. The van der Waals surface area contributed by atoms with Crippen LogP contribution in [0.3, 0.4) is 0 Å². The van der Waals surface area contributed by atoms with Crippen molar-refractivity contribution in [3.8, 4) is 0 Å². The van der Waals surface area contributed by atoms with E-state index in [2.05, 4.69) is 15.5 Å². The number of benzene rings is 1. The van der Waals surface area contributed by atoms with E-state index in [0.717, 1.165) is 16.5 Å². The number of amidine groups is 1. The van der Waals surface area contributed by atoms with Gasteiger partial charge < -0.3 is 16.3 Å². The lowest BCUT2D eigenvalue weighted by Crippen LogP contribution is -2.30. The van der Waals surface area contributed by atoms with Crippen molar-refractivity contribution in [2.75, 3.05) is 6.54 Å². The molecule has 0 fully saturated rings. The van der Waals surface area contributed by atoms with E-state index in [0.29, 0.717) is 13.0 Å². The molecule has 1 heterocycles. The zero-order valence-electron chi connectivity index (χ0n) is 10.9. The number of carbonyl (C=O) groups excluding carboxylic acids is 1. The maximum Gasteiger partial charge on any atom is 0.227 e. The van der Waals surface area contributed by atoms with Gasteiger partial charge >= 0.3 is 0 Å². The molecule has 2 rings (SSSR count). The Morgan fingerprint density at radius 2 is 2.15 bits per heavy atom. The Labute approximate surface area is 116 Å². The molecule has 0 saturated carbocycles. The van der Waals surface area contributed by atoms with Gasteiger partial charge in [0.15, 0.2) is 0 Å². The number of nitrogens with zero attached hydrogens (tertiary/aromatic N) is 2. The average molecular weight is 272 g/mol. The van der Waals surface area contributed by atoms with Crippen LogP contribution < -0.4 is 11.1 Å². The van der Waals surface area contributed by atoms with E-state index >= 15 is 0 Å². The third-order valence-corrected chi connectivity index (χ3v) is 2.90. The Morgan fingerprint density at radius 3 is 2.95 bits per heavy atom. The summed E-state index contributed by atoms with van der Waals surface area (Å²) in [5, 5.41) is 14.9. The predicted octanol–water partition coefficient (Wildman–Crippen LogP) is 1.03. The standard InChI is InChI=1S/C14H16N4O2/c15-12(18-20)9-13(19)16-8-6-11-4-1-3-10-5-2-7-17-14(10)11/h1-5,7,20H,6,8-9H2,(H2,15,18)(H,16,19). The second kappa shape index (κ2) is 6.51. The van der Waals surface area contributed by atoms with E-state index in [-0.39, 0.29) is 18.2 Å². The van der Waals surface area contributed by atoms with Gasteiger partial charge in [0.2, 0.25) is 5.91 Å². The molecule has 0 atom stereocenters. The fraction of sp³-hybridized carbons (Fsp3) is 0.214. The third-order valence-electron chi connectivity index (χ3n) is 2.90. The van der Waals surface area contributed by atoms with E-state index in [4.69, 9.17) is 10.9 Å². The van der Waals surface area contributed by atoms with Gasteiger partial charge in [0.05, 0.1) is 11.9 Å². The molecule has 4 N–H and O–H groups in total. The highest BCUT2D eigenvalue weighted by Crippen LogP contribution is 2.15. The topological polar surface area (TPSA) is 101 Å². The fourth-order valence-electron chi connectivity index (χ4n) is 1.97. The van der Waals surface area contributed by atoms with Gasteiger partial charge in [-0.1, -0.05) is 29.4 Å². The fourth-order valence-corrected chi connectivity index (χ4v) is 1.97. The zero-order valence-corrected chi connectivity index (χ0v) is 10.9. The van der Waals surface area contributed by atoms with Crippen molar-refractivity contribution in [1.29, 1.82) is 0 Å². The molecule has 6 nitrogen and oxygen atoms in total. The Morgan fingerprint density at radius 1 is 1.35 bits per heavy atom. The molecule has 20 heavy (non-hydrogen) atoms. The molecule has 0 aliphatic carbocycles. The summed E-state index contributed by atoms with van der Waals surface area (Å²) in [7, 11) is 0. The average Bonchev–Trinajstić information content (AvgIpc) is 2.47. The Bertz CT molecular complexity index is 635. The summed E-state index contributed by atoms with van der Waals surface area (Å²) in [4.78, 5) is 15.8. The predicted molar refractivity (Wildman–Crippen MR) is 76.5 cm³/mol. The van der Waals surface area contributed by atoms with Crippen LogP contribution in [0.25, 0.3) is 10.9 Å². The minimum absolute atomic E-state index is 0.102. The smallest absolute Gasteiger partial charge is 0.227 e. The molecular formula is C14H16N4O2. The summed E-state index contributed by atoms with van der Waals surface area (Å²) in [6.45, 7) is 0.479. The first kappa shape index (κ1) is 13.8. The highest BCUT2D eigenvalue weighted by atomic mass is 16.4. The molecule has 6 heteroatoms. The number of rotatable bonds is 5. The lowest BCUT2D eigenvalue weighted by molar-refractivity contribution is -0.119. The minimum atomic E-state index is -0.270. The first-order chi connectivity index (χ1) is 9.70. The SMILES string of the molecule is N/C(CC(=O)NCCc1cccc2cccnc12)=N/O. The van der Waals surface area contributed by atoms with Crippen molar-refractivity contribution < 1.29 is 10.0 Å². The number of pyridine rings is 1. The van der Waals surface area contributed by atoms with Crippen LogP contribution in [0, 0.1) is 0 Å². The van der Waals surface area contributed by atoms with E-state index in [1.54, 1.807) is 6.20 Å². The normalized spacial score (nSPS) is 11.5. The van der Waals surface area contributed by atoms with Crippen LogP contribution in [0.4, 0.5) is 0 Å². The number of hydrogen-bond acceptors (Lipinski definition) is 4. The molecular weight excluding hydrogens is 256 g/mol. The van der Waals surface area contributed by atoms with Gasteiger partial charge in [-0.05, 0) is 18.1 Å². The maximum atomic E-state index is 11.5. The summed E-state index contributed by atoms with van der Waals surface area (Å²) in [5.74, 6) is -0.372. The summed E-state index contributed by atoms with van der Waals surface area (Å²) < 4.78 is 0. The van der Waals surface area contributed by atoms with E-state index in [9.17, 15) is 4.79 Å². The van der Waals surface area contributed by atoms with Crippen LogP contribution in [-0.4, -0.2) is 28.5 Å². The number of amides is 1. The second-order valence-electron chi connectivity index (χ2n) is 4.36. The monoisotopic (exact) mass is 272 g/mol. The van der Waals surface area contributed by atoms with Crippen LogP contribution in [0.1, 0.15) is 12.0 Å². The second-order valence-corrected chi connectivity index (χ2v) is 4.36. The van der Waals surface area contributed by atoms with E-state index in [1.807, 2.05) is 30.3 Å². The summed E-state index contributed by atoms with van der Waals surface area (Å²) in [6, 6.07) is 9.86. The summed E-state index contributed by atoms with van der Waals surface area (Å²) >= 11 is 0. The molecule has 0 radical (unpaired) electrons. The van der Waals surface area contributed by atoms with E-state index in [1.165, 1.54) is 0 Å². The lowest BCUT2D eigenvalue weighted by atomic mass is 10.1. The van der Waals surface area contributed by atoms with Gasteiger partial charge in [-0.15, -0.1) is 0 Å². The number of hydrogen-bond donors (Lipinski definition) is 3. The summed E-state index contributed by atoms with van der Waals surface area (Å²) in [5.41, 5.74) is 7.28. The van der Waals surface area contributed by atoms with Crippen molar-refractivity contribution in [3.05, 3.63) is 42.1 Å². The van der Waals surface area contributed by atoms with Gasteiger partial charge in [-0.3, -0.25) is 9.78 Å². The van der Waals surface area contributed by atoms with Crippen LogP contribution in [0.15, 0.2) is 41.7 Å². The van der Waals surface area contributed by atoms with Crippen molar-refractivity contribution >= 4 is 22.6 Å².